The number of nitrogens with two attached hydrogens (primary N) is 1. The maximum Gasteiger partial charge on any atom is 0.154 e. The summed E-state index contributed by atoms with van der Waals surface area (Å²) in [5, 5.41) is 26.2. The summed E-state index contributed by atoms with van der Waals surface area (Å²) in [6.07, 6.45) is 0.499. The lowest BCUT2D eigenvalue weighted by atomic mass is 9.91. The lowest BCUT2D eigenvalue weighted by Crippen LogP contribution is -2.43. The van der Waals surface area contributed by atoms with Crippen molar-refractivity contribution in [3.63, 3.8) is 0 Å². The SMILES string of the molecule is CCC(CC)(OCCOCCNC(O)CC(N)CNCCOCCOC(C)OC)C(C)O. The smallest absolute Gasteiger partial charge is 0.154 e. The van der Waals surface area contributed by atoms with Crippen molar-refractivity contribution in [2.75, 3.05) is 66.4 Å². The monoisotopic (exact) mass is 467 g/mol. The Morgan fingerprint density at radius 2 is 1.53 bits per heavy atom. The van der Waals surface area contributed by atoms with Crippen LogP contribution < -0.4 is 16.4 Å². The van der Waals surface area contributed by atoms with Crippen LogP contribution in [0.1, 0.15) is 47.0 Å². The third-order valence-electron chi connectivity index (χ3n) is 5.47. The number of aliphatic hydroxyl groups excluding tert-OH is 2. The van der Waals surface area contributed by atoms with Crippen molar-refractivity contribution in [1.29, 1.82) is 0 Å². The molecule has 32 heavy (non-hydrogen) atoms. The molecule has 0 aliphatic rings. The van der Waals surface area contributed by atoms with E-state index in [9.17, 15) is 10.2 Å². The minimum absolute atomic E-state index is 0.172. The van der Waals surface area contributed by atoms with Gasteiger partial charge in [-0.1, -0.05) is 13.8 Å². The fourth-order valence-corrected chi connectivity index (χ4v) is 3.20. The standard InChI is InChI=1S/C22H49N3O7/c1-6-22(7-2,18(3)26)32-15-13-30-11-9-25-21(27)16-20(23)17-24-8-10-29-12-14-31-19(4)28-5/h18-21,24-27H,6-17,23H2,1-5H3. The second-order valence-electron chi connectivity index (χ2n) is 7.87. The van der Waals surface area contributed by atoms with E-state index in [4.69, 9.17) is 29.4 Å². The number of hydrogen-bond donors (Lipinski definition) is 5. The summed E-state index contributed by atoms with van der Waals surface area (Å²) in [5.74, 6) is 0. The molecule has 0 heterocycles. The largest absolute Gasteiger partial charge is 0.390 e. The molecular weight excluding hydrogens is 418 g/mol. The van der Waals surface area contributed by atoms with Gasteiger partial charge in [0.1, 0.15) is 6.23 Å². The van der Waals surface area contributed by atoms with Crippen molar-refractivity contribution in [3.8, 4) is 0 Å². The van der Waals surface area contributed by atoms with E-state index < -0.39 is 17.9 Å². The van der Waals surface area contributed by atoms with Gasteiger partial charge in [0.2, 0.25) is 0 Å². The third-order valence-corrected chi connectivity index (χ3v) is 5.47. The minimum atomic E-state index is -0.689. The predicted octanol–water partition coefficient (Wildman–Crippen LogP) is 0.200. The zero-order chi connectivity index (χ0) is 24.2. The van der Waals surface area contributed by atoms with Crippen molar-refractivity contribution in [1.82, 2.24) is 10.6 Å². The lowest BCUT2D eigenvalue weighted by Gasteiger charge is -2.34. The van der Waals surface area contributed by atoms with E-state index in [1.165, 1.54) is 0 Å². The van der Waals surface area contributed by atoms with Crippen molar-refractivity contribution in [2.45, 2.75) is 77.2 Å². The predicted molar refractivity (Wildman–Crippen MR) is 124 cm³/mol. The van der Waals surface area contributed by atoms with Gasteiger partial charge < -0.3 is 44.9 Å². The van der Waals surface area contributed by atoms with Crippen LogP contribution in [0, 0.1) is 0 Å². The molecule has 0 aliphatic carbocycles. The van der Waals surface area contributed by atoms with Crippen LogP contribution in [-0.2, 0) is 23.7 Å². The summed E-state index contributed by atoms with van der Waals surface area (Å²) < 4.78 is 27.2. The lowest BCUT2D eigenvalue weighted by molar-refractivity contribution is -0.132. The maximum atomic E-state index is 10.0. The highest BCUT2D eigenvalue weighted by Crippen LogP contribution is 2.24. The van der Waals surface area contributed by atoms with Gasteiger partial charge in [0.25, 0.3) is 0 Å². The fraction of sp³-hybridized carbons (Fsp3) is 1.00. The molecule has 10 nitrogen and oxygen atoms in total. The molecule has 0 bridgehead atoms. The van der Waals surface area contributed by atoms with Crippen molar-refractivity contribution in [2.24, 2.45) is 5.73 Å². The first-order valence-electron chi connectivity index (χ1n) is 11.8. The van der Waals surface area contributed by atoms with Gasteiger partial charge in [-0.05, 0) is 26.7 Å². The number of ether oxygens (including phenoxy) is 5. The van der Waals surface area contributed by atoms with Crippen LogP contribution in [0.25, 0.3) is 0 Å². The summed E-state index contributed by atoms with van der Waals surface area (Å²) in [4.78, 5) is 0. The molecule has 0 amide bonds. The van der Waals surface area contributed by atoms with Crippen LogP contribution in [0.5, 0.6) is 0 Å². The molecule has 0 fully saturated rings. The van der Waals surface area contributed by atoms with Gasteiger partial charge in [-0.3, -0.25) is 5.32 Å². The van der Waals surface area contributed by atoms with Gasteiger partial charge in [0.05, 0.1) is 51.3 Å². The van der Waals surface area contributed by atoms with Crippen molar-refractivity contribution in [3.05, 3.63) is 0 Å². The van der Waals surface area contributed by atoms with E-state index in [0.717, 1.165) is 12.8 Å². The Morgan fingerprint density at radius 3 is 2.12 bits per heavy atom. The Labute approximate surface area is 194 Å². The molecule has 0 aromatic rings. The molecule has 0 aliphatic heterocycles. The van der Waals surface area contributed by atoms with Gasteiger partial charge in [-0.2, -0.15) is 0 Å². The Morgan fingerprint density at radius 1 is 0.906 bits per heavy atom. The highest BCUT2D eigenvalue weighted by atomic mass is 16.7. The molecule has 4 unspecified atom stereocenters. The first kappa shape index (κ1) is 31.6. The van der Waals surface area contributed by atoms with Gasteiger partial charge in [-0.15, -0.1) is 0 Å². The van der Waals surface area contributed by atoms with E-state index in [1.54, 1.807) is 14.0 Å². The normalized spacial score (nSPS) is 16.1. The number of aliphatic hydroxyl groups is 2. The molecule has 0 saturated carbocycles. The van der Waals surface area contributed by atoms with E-state index in [2.05, 4.69) is 10.6 Å². The van der Waals surface area contributed by atoms with Crippen molar-refractivity contribution >= 4 is 0 Å². The summed E-state index contributed by atoms with van der Waals surface area (Å²) in [7, 11) is 1.60. The zero-order valence-electron chi connectivity index (χ0n) is 20.8. The highest BCUT2D eigenvalue weighted by Gasteiger charge is 2.32. The molecule has 10 heteroatoms. The highest BCUT2D eigenvalue weighted by molar-refractivity contribution is 4.83. The summed E-state index contributed by atoms with van der Waals surface area (Å²) in [5.41, 5.74) is 5.53. The molecule has 0 radical (unpaired) electrons. The van der Waals surface area contributed by atoms with E-state index >= 15 is 0 Å². The van der Waals surface area contributed by atoms with Crippen LogP contribution in [0.3, 0.4) is 0 Å². The van der Waals surface area contributed by atoms with Gasteiger partial charge in [0.15, 0.2) is 6.29 Å². The molecule has 0 spiro atoms. The first-order valence-corrected chi connectivity index (χ1v) is 11.8. The summed E-state index contributed by atoms with van der Waals surface area (Å²) in [6, 6.07) is -0.172. The van der Waals surface area contributed by atoms with E-state index in [1.807, 2.05) is 20.8 Å². The van der Waals surface area contributed by atoms with Crippen LogP contribution in [0.15, 0.2) is 0 Å². The molecular formula is C22H49N3O7. The van der Waals surface area contributed by atoms with Gasteiger partial charge >= 0.3 is 0 Å². The molecule has 0 rings (SSSR count). The Balaban J connectivity index is 3.61. The number of hydrogen-bond acceptors (Lipinski definition) is 10. The maximum absolute atomic E-state index is 10.0. The topological polar surface area (TPSA) is 137 Å². The number of rotatable bonds is 23. The molecule has 0 saturated heterocycles. The van der Waals surface area contributed by atoms with Crippen LogP contribution in [0.2, 0.25) is 0 Å². The van der Waals surface area contributed by atoms with E-state index in [0.29, 0.717) is 65.7 Å². The number of methoxy groups -OCH3 is 1. The molecule has 4 atom stereocenters. The Kier molecular flexibility index (Phi) is 19.8. The number of nitrogens with one attached hydrogen (secondary N) is 2. The zero-order valence-corrected chi connectivity index (χ0v) is 20.8. The average molecular weight is 468 g/mol. The minimum Gasteiger partial charge on any atom is -0.390 e. The second-order valence-corrected chi connectivity index (χ2v) is 7.87. The molecule has 6 N–H and O–H groups in total. The third kappa shape index (κ3) is 15.4. The first-order chi connectivity index (χ1) is 15.3. The molecule has 194 valence electrons. The van der Waals surface area contributed by atoms with Crippen LogP contribution >= 0.6 is 0 Å². The Bertz CT molecular complexity index is 415. The van der Waals surface area contributed by atoms with Crippen LogP contribution in [-0.4, -0.2) is 107 Å². The van der Waals surface area contributed by atoms with Gasteiger partial charge in [0, 0.05) is 39.2 Å². The summed E-state index contributed by atoms with van der Waals surface area (Å²) in [6.45, 7) is 12.3. The van der Waals surface area contributed by atoms with Crippen LogP contribution in [0.4, 0.5) is 0 Å². The fourth-order valence-electron chi connectivity index (χ4n) is 3.20. The quantitative estimate of drug-likeness (QED) is 0.105. The van der Waals surface area contributed by atoms with E-state index in [-0.39, 0.29) is 12.3 Å². The Hall–Kier alpha value is -0.400. The van der Waals surface area contributed by atoms with Gasteiger partial charge in [-0.25, -0.2) is 0 Å². The van der Waals surface area contributed by atoms with Crippen molar-refractivity contribution < 1.29 is 33.9 Å². The summed E-state index contributed by atoms with van der Waals surface area (Å²) >= 11 is 0. The average Bonchev–Trinajstić information content (AvgIpc) is 2.77. The molecule has 0 aromatic heterocycles. The second kappa shape index (κ2) is 20.0. The molecule has 0 aromatic carbocycles.